The normalized spacial score (nSPS) is 16.7. The maximum Gasteiger partial charge on any atom is 0.289 e. The van der Waals surface area contributed by atoms with E-state index in [1.54, 1.807) is 41.3 Å². The summed E-state index contributed by atoms with van der Waals surface area (Å²) in [5.74, 6) is -0.441. The number of benzene rings is 2. The number of furan rings is 1. The lowest BCUT2D eigenvalue weighted by molar-refractivity contribution is 0.0759. The van der Waals surface area contributed by atoms with Gasteiger partial charge < -0.3 is 14.6 Å². The van der Waals surface area contributed by atoms with E-state index in [0.717, 1.165) is 12.1 Å². The molecule has 1 aliphatic heterocycles. The van der Waals surface area contributed by atoms with E-state index in [-0.39, 0.29) is 28.4 Å². The summed E-state index contributed by atoms with van der Waals surface area (Å²) in [6, 6.07) is 19.8. The van der Waals surface area contributed by atoms with Gasteiger partial charge in [-0.1, -0.05) is 36.4 Å². The van der Waals surface area contributed by atoms with Crippen molar-refractivity contribution in [3.8, 4) is 0 Å². The molecular formula is C22H22N2O4S. The molecule has 6 nitrogen and oxygen atoms in total. The Hall–Kier alpha value is -3.06. The van der Waals surface area contributed by atoms with Gasteiger partial charge in [0.25, 0.3) is 5.91 Å². The molecule has 1 fully saturated rings. The van der Waals surface area contributed by atoms with Crippen molar-refractivity contribution in [3.63, 3.8) is 0 Å². The Morgan fingerprint density at radius 1 is 1.03 bits per heavy atom. The maximum absolute atomic E-state index is 13.0. The molecule has 0 bridgehead atoms. The van der Waals surface area contributed by atoms with Gasteiger partial charge in [-0.15, -0.1) is 0 Å². The van der Waals surface area contributed by atoms with Gasteiger partial charge in [0, 0.05) is 30.4 Å². The fourth-order valence-corrected chi connectivity index (χ4v) is 4.90. The first-order chi connectivity index (χ1) is 14.0. The van der Waals surface area contributed by atoms with E-state index in [0.29, 0.717) is 18.7 Å². The molecule has 1 aliphatic rings. The van der Waals surface area contributed by atoms with Crippen LogP contribution in [-0.2, 0) is 15.6 Å². The van der Waals surface area contributed by atoms with Gasteiger partial charge in [-0.25, -0.2) is 8.42 Å². The zero-order valence-corrected chi connectivity index (χ0v) is 16.6. The Labute approximate surface area is 170 Å². The largest absolute Gasteiger partial charge is 0.459 e. The summed E-state index contributed by atoms with van der Waals surface area (Å²) in [7, 11) is -3.56. The quantitative estimate of drug-likeness (QED) is 0.672. The maximum atomic E-state index is 13.0. The first kappa shape index (κ1) is 19.3. The lowest BCUT2D eigenvalue weighted by atomic mass is 10.2. The van der Waals surface area contributed by atoms with Crippen molar-refractivity contribution >= 4 is 21.4 Å². The molecule has 1 saturated heterocycles. The third-order valence-electron chi connectivity index (χ3n) is 5.01. The minimum Gasteiger partial charge on any atom is -0.459 e. The van der Waals surface area contributed by atoms with Gasteiger partial charge in [0.2, 0.25) is 0 Å². The van der Waals surface area contributed by atoms with Crippen molar-refractivity contribution in [2.24, 2.45) is 0 Å². The van der Waals surface area contributed by atoms with Crippen molar-refractivity contribution in [2.75, 3.05) is 18.4 Å². The molecular weight excluding hydrogens is 388 g/mol. The molecule has 150 valence electrons. The van der Waals surface area contributed by atoms with Crippen LogP contribution in [0.1, 0.15) is 22.5 Å². The van der Waals surface area contributed by atoms with E-state index in [1.165, 1.54) is 6.26 Å². The Balaban J connectivity index is 1.45. The predicted octanol–water partition coefficient (Wildman–Crippen LogP) is 3.58. The third-order valence-corrected chi connectivity index (χ3v) is 6.69. The van der Waals surface area contributed by atoms with Crippen LogP contribution in [0.3, 0.4) is 0 Å². The van der Waals surface area contributed by atoms with Gasteiger partial charge >= 0.3 is 0 Å². The Morgan fingerprint density at radius 2 is 1.72 bits per heavy atom. The molecule has 1 N–H and O–H groups in total. The van der Waals surface area contributed by atoms with E-state index >= 15 is 0 Å². The minimum atomic E-state index is -3.56. The highest BCUT2D eigenvalue weighted by Crippen LogP contribution is 2.23. The first-order valence-corrected chi connectivity index (χ1v) is 11.1. The van der Waals surface area contributed by atoms with Crippen LogP contribution in [0.2, 0.25) is 0 Å². The van der Waals surface area contributed by atoms with E-state index in [4.69, 9.17) is 4.42 Å². The number of rotatable bonds is 6. The lowest BCUT2D eigenvalue weighted by Gasteiger charge is -2.17. The average Bonchev–Trinajstić information content (AvgIpc) is 3.38. The van der Waals surface area contributed by atoms with Crippen molar-refractivity contribution < 1.29 is 17.6 Å². The number of nitrogens with zero attached hydrogens (tertiary/aromatic N) is 1. The number of hydrogen-bond acceptors (Lipinski definition) is 5. The highest BCUT2D eigenvalue weighted by Gasteiger charge is 2.31. The summed E-state index contributed by atoms with van der Waals surface area (Å²) in [6.45, 7) is 1.13. The second-order valence-corrected chi connectivity index (χ2v) is 9.08. The Morgan fingerprint density at radius 3 is 2.45 bits per heavy atom. The zero-order chi connectivity index (χ0) is 20.3. The molecule has 1 atom stereocenters. The van der Waals surface area contributed by atoms with Gasteiger partial charge in [0.15, 0.2) is 15.6 Å². The average molecular weight is 410 g/mol. The smallest absolute Gasteiger partial charge is 0.289 e. The summed E-state index contributed by atoms with van der Waals surface area (Å²) >= 11 is 0. The van der Waals surface area contributed by atoms with Crippen molar-refractivity contribution in [1.82, 2.24) is 4.90 Å². The van der Waals surface area contributed by atoms with Crippen LogP contribution in [0.4, 0.5) is 5.69 Å². The third kappa shape index (κ3) is 4.35. The summed E-state index contributed by atoms with van der Waals surface area (Å²) in [4.78, 5) is 14.9. The Kier molecular flexibility index (Phi) is 5.40. The van der Waals surface area contributed by atoms with E-state index < -0.39 is 9.84 Å². The van der Waals surface area contributed by atoms with Gasteiger partial charge in [-0.3, -0.25) is 4.79 Å². The number of carbonyl (C=O) groups excluding carboxylic acids is 1. The molecule has 0 aliphatic carbocycles. The second-order valence-electron chi connectivity index (χ2n) is 7.09. The zero-order valence-electron chi connectivity index (χ0n) is 15.8. The highest BCUT2D eigenvalue weighted by molar-refractivity contribution is 7.90. The molecule has 1 unspecified atom stereocenters. The van der Waals surface area contributed by atoms with Crippen molar-refractivity contribution in [3.05, 3.63) is 84.3 Å². The summed E-state index contributed by atoms with van der Waals surface area (Å²) < 4.78 is 30.7. The second kappa shape index (κ2) is 8.13. The van der Waals surface area contributed by atoms with Crippen LogP contribution < -0.4 is 5.32 Å². The summed E-state index contributed by atoms with van der Waals surface area (Å²) in [6.07, 6.45) is 2.19. The van der Waals surface area contributed by atoms with Crippen LogP contribution >= 0.6 is 0 Å². The molecule has 7 heteroatoms. The van der Waals surface area contributed by atoms with E-state index in [1.807, 2.05) is 30.3 Å². The Bertz CT molecular complexity index is 1080. The van der Waals surface area contributed by atoms with Gasteiger partial charge in [-0.05, 0) is 36.8 Å². The van der Waals surface area contributed by atoms with Gasteiger partial charge in [0.05, 0.1) is 16.9 Å². The van der Waals surface area contributed by atoms with Crippen LogP contribution in [0.5, 0.6) is 0 Å². The number of amides is 1. The minimum absolute atomic E-state index is 0.102. The SMILES string of the molecule is O=C(c1occc1CS(=O)(=O)c1ccccc1)N1CCC(Nc2ccccc2)C1. The molecule has 0 radical (unpaired) electrons. The summed E-state index contributed by atoms with van der Waals surface area (Å²) in [5.41, 5.74) is 1.40. The topological polar surface area (TPSA) is 79.6 Å². The number of anilines is 1. The van der Waals surface area contributed by atoms with Crippen molar-refractivity contribution in [2.45, 2.75) is 23.1 Å². The molecule has 29 heavy (non-hydrogen) atoms. The van der Waals surface area contributed by atoms with Crippen LogP contribution in [0.25, 0.3) is 0 Å². The molecule has 1 aromatic heterocycles. The molecule has 0 saturated carbocycles. The van der Waals surface area contributed by atoms with Crippen LogP contribution in [0.15, 0.2) is 82.3 Å². The number of sulfone groups is 1. The van der Waals surface area contributed by atoms with Gasteiger partial charge in [0.1, 0.15) is 0 Å². The highest BCUT2D eigenvalue weighted by atomic mass is 32.2. The standard InChI is InChI=1S/C22H22N2O4S/c25-22(24-13-11-19(15-24)23-18-7-3-1-4-8-18)21-17(12-14-28-21)16-29(26,27)20-9-5-2-6-10-20/h1-10,12,14,19,23H,11,13,15-16H2. The number of hydrogen-bond donors (Lipinski definition) is 1. The molecule has 2 aromatic carbocycles. The fourth-order valence-electron chi connectivity index (χ4n) is 3.53. The predicted molar refractivity (Wildman–Crippen MR) is 110 cm³/mol. The van der Waals surface area contributed by atoms with Crippen LogP contribution in [0, 0.1) is 0 Å². The molecule has 0 spiro atoms. The lowest BCUT2D eigenvalue weighted by Crippen LogP contribution is -2.32. The number of para-hydroxylation sites is 1. The number of likely N-dealkylation sites (tertiary alicyclic amines) is 1. The van der Waals surface area contributed by atoms with E-state index in [9.17, 15) is 13.2 Å². The van der Waals surface area contributed by atoms with E-state index in [2.05, 4.69) is 5.32 Å². The van der Waals surface area contributed by atoms with Crippen molar-refractivity contribution in [1.29, 1.82) is 0 Å². The molecule has 4 rings (SSSR count). The first-order valence-electron chi connectivity index (χ1n) is 9.48. The number of nitrogens with one attached hydrogen (secondary N) is 1. The molecule has 1 amide bonds. The molecule has 2 heterocycles. The molecule has 3 aromatic rings. The monoisotopic (exact) mass is 410 g/mol. The summed E-state index contributed by atoms with van der Waals surface area (Å²) in [5, 5.41) is 3.42. The number of carbonyl (C=O) groups is 1. The van der Waals surface area contributed by atoms with Crippen LogP contribution in [-0.4, -0.2) is 38.4 Å². The fraction of sp³-hybridized carbons (Fsp3) is 0.227. The van der Waals surface area contributed by atoms with Gasteiger partial charge in [-0.2, -0.15) is 0 Å².